The maximum Gasteiger partial charge on any atom is 0.338 e. The number of carbonyl (C=O) groups excluding carboxylic acids is 2. The number of amides is 1. The number of thiocarbonyl (C=S) groups is 1. The molecule has 0 radical (unpaired) electrons. The minimum Gasteiger partial charge on any atom is -0.459 e. The van der Waals surface area contributed by atoms with Crippen molar-refractivity contribution in [2.75, 3.05) is 12.4 Å². The van der Waals surface area contributed by atoms with E-state index in [0.29, 0.717) is 27.6 Å². The second-order valence-electron chi connectivity index (χ2n) is 8.19. The predicted molar refractivity (Wildman–Crippen MR) is 137 cm³/mol. The number of allylic oxidation sites excluding steroid dienone is 1. The number of benzene rings is 2. The van der Waals surface area contributed by atoms with Crippen LogP contribution in [0.1, 0.15) is 37.9 Å². The molecule has 1 heterocycles. The summed E-state index contributed by atoms with van der Waals surface area (Å²) >= 11 is 5.41. The fourth-order valence-corrected chi connectivity index (χ4v) is 3.70. The topological polar surface area (TPSA) is 114 Å². The van der Waals surface area contributed by atoms with Crippen molar-refractivity contribution in [2.45, 2.75) is 32.9 Å². The molecule has 1 aliphatic rings. The minimum atomic E-state index is -0.489. The molecule has 3 rings (SSSR count). The molecule has 0 saturated heterocycles. The number of hydrogen-bond acceptors (Lipinski definition) is 6. The summed E-state index contributed by atoms with van der Waals surface area (Å²) in [5.41, 5.74) is 3.17. The Kier molecular flexibility index (Phi) is 7.98. The van der Waals surface area contributed by atoms with Gasteiger partial charge in [0, 0.05) is 36.6 Å². The number of nitro groups is 1. The highest BCUT2D eigenvalue weighted by Crippen LogP contribution is 2.31. The van der Waals surface area contributed by atoms with Gasteiger partial charge in [-0.3, -0.25) is 14.9 Å². The summed E-state index contributed by atoms with van der Waals surface area (Å²) in [7, 11) is 1.78. The van der Waals surface area contributed by atoms with Crippen molar-refractivity contribution in [2.24, 2.45) is 0 Å². The first-order valence-electron chi connectivity index (χ1n) is 10.9. The Balaban J connectivity index is 1.73. The summed E-state index contributed by atoms with van der Waals surface area (Å²) in [5, 5.41) is 17.2. The number of hydrogen-bond donors (Lipinski definition) is 2. The van der Waals surface area contributed by atoms with Gasteiger partial charge in [0.05, 0.1) is 22.6 Å². The fourth-order valence-electron chi connectivity index (χ4n) is 3.45. The van der Waals surface area contributed by atoms with Gasteiger partial charge >= 0.3 is 5.97 Å². The third-order valence-electron chi connectivity index (χ3n) is 5.36. The number of nitro benzene ring substituents is 1. The van der Waals surface area contributed by atoms with Crippen molar-refractivity contribution in [3.63, 3.8) is 0 Å². The lowest BCUT2D eigenvalue weighted by atomic mass is 9.95. The Hall–Kier alpha value is -4.05. The second-order valence-corrected chi connectivity index (χ2v) is 8.57. The first-order valence-corrected chi connectivity index (χ1v) is 11.3. The normalized spacial score (nSPS) is 15.9. The summed E-state index contributed by atoms with van der Waals surface area (Å²) in [4.78, 5) is 37.1. The Labute approximate surface area is 208 Å². The van der Waals surface area contributed by atoms with Crippen LogP contribution < -0.4 is 10.6 Å². The number of carbonyl (C=O) groups is 2. The number of nitrogens with zero attached hydrogens (tertiary/aromatic N) is 2. The fraction of sp³-hybridized carbons (Fsp3) is 0.240. The molecular formula is C25H26N4O5S. The lowest BCUT2D eigenvalue weighted by Gasteiger charge is -2.35. The molecule has 2 aromatic rings. The summed E-state index contributed by atoms with van der Waals surface area (Å²) in [6.07, 6.45) is 2.65. The van der Waals surface area contributed by atoms with Gasteiger partial charge in [0.1, 0.15) is 0 Å². The molecule has 9 nitrogen and oxygen atoms in total. The Bertz CT molecular complexity index is 1200. The average molecular weight is 495 g/mol. The molecule has 1 unspecified atom stereocenters. The number of ether oxygens (including phenoxy) is 1. The van der Waals surface area contributed by atoms with Crippen LogP contribution in [0.5, 0.6) is 0 Å². The highest BCUT2D eigenvalue weighted by atomic mass is 32.1. The van der Waals surface area contributed by atoms with Gasteiger partial charge < -0.3 is 20.3 Å². The highest BCUT2D eigenvalue weighted by Gasteiger charge is 2.33. The van der Waals surface area contributed by atoms with Gasteiger partial charge in [-0.25, -0.2) is 4.79 Å². The molecule has 1 atom stereocenters. The van der Waals surface area contributed by atoms with Gasteiger partial charge in [-0.05, 0) is 74.5 Å². The van der Waals surface area contributed by atoms with Crippen LogP contribution in [-0.4, -0.2) is 40.0 Å². The monoisotopic (exact) mass is 494 g/mol. The molecule has 0 bridgehead atoms. The first-order chi connectivity index (χ1) is 16.6. The van der Waals surface area contributed by atoms with Crippen molar-refractivity contribution in [3.05, 3.63) is 87.1 Å². The lowest BCUT2D eigenvalue weighted by Crippen LogP contribution is -2.46. The van der Waals surface area contributed by atoms with E-state index in [1.165, 1.54) is 18.2 Å². The number of rotatable bonds is 7. The van der Waals surface area contributed by atoms with E-state index in [2.05, 4.69) is 10.6 Å². The Morgan fingerprint density at radius 1 is 1.17 bits per heavy atom. The van der Waals surface area contributed by atoms with Crippen molar-refractivity contribution in [1.29, 1.82) is 0 Å². The molecule has 0 fully saturated rings. The standard InChI is InChI=1S/C25H26N4O5S/c1-15(2)34-24(31)22-16(3)28(4)25(35)27-23(22)18-8-10-19(11-9-18)26-21(30)14-7-17-5-12-20(13-6-17)29(32)33/h5-15,23H,1-4H3,(H,26,30)(H,27,35)/b14-7+. The number of anilines is 1. The molecule has 35 heavy (non-hydrogen) atoms. The highest BCUT2D eigenvalue weighted by molar-refractivity contribution is 7.80. The molecular weight excluding hydrogens is 468 g/mol. The third-order valence-corrected chi connectivity index (χ3v) is 5.75. The molecule has 0 saturated carbocycles. The smallest absolute Gasteiger partial charge is 0.338 e. The van der Waals surface area contributed by atoms with Crippen LogP contribution in [0.3, 0.4) is 0 Å². The third kappa shape index (κ3) is 6.30. The molecule has 0 aliphatic carbocycles. The van der Waals surface area contributed by atoms with E-state index < -0.39 is 16.9 Å². The average Bonchev–Trinajstić information content (AvgIpc) is 2.81. The van der Waals surface area contributed by atoms with Crippen molar-refractivity contribution < 1.29 is 19.2 Å². The summed E-state index contributed by atoms with van der Waals surface area (Å²) in [6, 6.07) is 12.5. The van der Waals surface area contributed by atoms with E-state index in [0.717, 1.165) is 5.56 Å². The van der Waals surface area contributed by atoms with E-state index in [-0.39, 0.29) is 17.7 Å². The number of non-ortho nitro benzene ring substituents is 1. The van der Waals surface area contributed by atoms with Crippen LogP contribution in [0.25, 0.3) is 6.08 Å². The molecule has 2 N–H and O–H groups in total. The number of esters is 1. The predicted octanol–water partition coefficient (Wildman–Crippen LogP) is 4.33. The molecule has 182 valence electrons. The second kappa shape index (κ2) is 10.9. The van der Waals surface area contributed by atoms with Crippen LogP contribution in [0.2, 0.25) is 0 Å². The maximum absolute atomic E-state index is 12.8. The molecule has 0 spiro atoms. The van der Waals surface area contributed by atoms with Gasteiger partial charge in [-0.15, -0.1) is 0 Å². The zero-order valence-corrected chi connectivity index (χ0v) is 20.6. The Morgan fingerprint density at radius 2 is 1.80 bits per heavy atom. The molecule has 2 aromatic carbocycles. The molecule has 10 heteroatoms. The largest absolute Gasteiger partial charge is 0.459 e. The lowest BCUT2D eigenvalue weighted by molar-refractivity contribution is -0.384. The van der Waals surface area contributed by atoms with E-state index >= 15 is 0 Å². The SMILES string of the molecule is CC1=C(C(=O)OC(C)C)C(c2ccc(NC(=O)/C=C/c3ccc([N+](=O)[O-])cc3)cc2)NC(=S)N1C. The van der Waals surface area contributed by atoms with Crippen molar-refractivity contribution >= 4 is 46.7 Å². The molecule has 1 aliphatic heterocycles. The van der Waals surface area contributed by atoms with Gasteiger partial charge in [0.25, 0.3) is 5.69 Å². The van der Waals surface area contributed by atoms with Crippen LogP contribution >= 0.6 is 12.2 Å². The molecule has 1 amide bonds. The van der Waals surface area contributed by atoms with Crippen molar-refractivity contribution in [1.82, 2.24) is 10.2 Å². The van der Waals surface area contributed by atoms with Gasteiger partial charge in [-0.1, -0.05) is 12.1 Å². The first kappa shape index (κ1) is 25.6. The van der Waals surface area contributed by atoms with E-state index in [1.54, 1.807) is 68.3 Å². The summed E-state index contributed by atoms with van der Waals surface area (Å²) in [6.45, 7) is 5.41. The minimum absolute atomic E-state index is 0.0165. The zero-order valence-electron chi connectivity index (χ0n) is 19.8. The Morgan fingerprint density at radius 3 is 2.37 bits per heavy atom. The van der Waals surface area contributed by atoms with Gasteiger partial charge in [0.2, 0.25) is 5.91 Å². The summed E-state index contributed by atoms with van der Waals surface area (Å²) < 4.78 is 5.45. The zero-order chi connectivity index (χ0) is 25.7. The van der Waals surface area contributed by atoms with Crippen LogP contribution in [0.4, 0.5) is 11.4 Å². The van der Waals surface area contributed by atoms with Crippen LogP contribution in [0.15, 0.2) is 65.9 Å². The number of nitrogens with one attached hydrogen (secondary N) is 2. The van der Waals surface area contributed by atoms with E-state index in [4.69, 9.17) is 17.0 Å². The van der Waals surface area contributed by atoms with Gasteiger partial charge in [0.15, 0.2) is 5.11 Å². The molecule has 0 aromatic heterocycles. The van der Waals surface area contributed by atoms with Crippen LogP contribution in [0, 0.1) is 10.1 Å². The van der Waals surface area contributed by atoms with Gasteiger partial charge in [-0.2, -0.15) is 0 Å². The van der Waals surface area contributed by atoms with Crippen molar-refractivity contribution in [3.8, 4) is 0 Å². The van der Waals surface area contributed by atoms with Crippen LogP contribution in [-0.2, 0) is 14.3 Å². The van der Waals surface area contributed by atoms with E-state index in [1.807, 2.05) is 6.92 Å². The maximum atomic E-state index is 12.8. The summed E-state index contributed by atoms with van der Waals surface area (Å²) in [5.74, 6) is -0.773. The quantitative estimate of drug-likeness (QED) is 0.192. The van der Waals surface area contributed by atoms with E-state index in [9.17, 15) is 19.7 Å².